The van der Waals surface area contributed by atoms with Gasteiger partial charge in [0.25, 0.3) is 5.78 Å². The molecule has 0 aliphatic rings. The molecular weight excluding hydrogens is 386 g/mol. The van der Waals surface area contributed by atoms with Gasteiger partial charge in [0.15, 0.2) is 5.82 Å². The second-order valence-corrected chi connectivity index (χ2v) is 7.91. The van der Waals surface area contributed by atoms with E-state index in [1.807, 2.05) is 88.4 Å². The van der Waals surface area contributed by atoms with Crippen LogP contribution in [0, 0.1) is 20.8 Å². The zero-order valence-corrected chi connectivity index (χ0v) is 18.4. The maximum Gasteiger partial charge on any atom is 0.252 e. The highest BCUT2D eigenvalue weighted by Crippen LogP contribution is 2.27. The highest BCUT2D eigenvalue weighted by atomic mass is 16.2. The number of anilines is 1. The second-order valence-electron chi connectivity index (χ2n) is 7.91. The van der Waals surface area contributed by atoms with E-state index < -0.39 is 0 Å². The molecule has 0 unspecified atom stereocenters. The van der Waals surface area contributed by atoms with Crippen LogP contribution in [0.15, 0.2) is 60.7 Å². The summed E-state index contributed by atoms with van der Waals surface area (Å²) in [5.74, 6) is 0.927. The number of hydrogen-bond acceptors (Lipinski definition) is 4. The Labute approximate surface area is 182 Å². The molecule has 6 heteroatoms. The normalized spacial score (nSPS) is 12.1. The van der Waals surface area contributed by atoms with Crippen LogP contribution < -0.4 is 4.90 Å². The molecule has 0 spiro atoms. The summed E-state index contributed by atoms with van der Waals surface area (Å²) >= 11 is 0. The van der Waals surface area contributed by atoms with E-state index in [9.17, 15) is 4.79 Å². The first-order valence-corrected chi connectivity index (χ1v) is 10.6. The lowest BCUT2D eigenvalue weighted by molar-refractivity contribution is -0.120. The summed E-state index contributed by atoms with van der Waals surface area (Å²) in [5.41, 5.74) is 4.86. The van der Waals surface area contributed by atoms with Crippen LogP contribution in [0.5, 0.6) is 0 Å². The summed E-state index contributed by atoms with van der Waals surface area (Å²) in [6.07, 6.45) is 0.712. The molecule has 4 rings (SSSR count). The molecule has 6 nitrogen and oxygen atoms in total. The standard InChI is InChI=1S/C25H27N5O/c1-5-22(20-9-7-6-8-10-20)24(31)29(21-13-11-17(2)12-14-21)16-23-27-25-26-18(3)15-19(4)30(25)28-23/h6-15,22H,5,16H2,1-4H3/t22-/m0/s1. The zero-order valence-electron chi connectivity index (χ0n) is 18.4. The minimum atomic E-state index is -0.235. The van der Waals surface area contributed by atoms with E-state index >= 15 is 0 Å². The smallest absolute Gasteiger partial charge is 0.252 e. The number of benzene rings is 2. The topological polar surface area (TPSA) is 63.4 Å². The van der Waals surface area contributed by atoms with Crippen molar-refractivity contribution in [3.63, 3.8) is 0 Å². The van der Waals surface area contributed by atoms with Gasteiger partial charge in [-0.1, -0.05) is 55.0 Å². The second kappa shape index (κ2) is 8.68. The van der Waals surface area contributed by atoms with Gasteiger partial charge in [-0.25, -0.2) is 9.50 Å². The van der Waals surface area contributed by atoms with Gasteiger partial charge in [-0.05, 0) is 51.0 Å². The fourth-order valence-electron chi connectivity index (χ4n) is 3.86. The van der Waals surface area contributed by atoms with E-state index in [0.717, 1.165) is 28.2 Å². The Balaban J connectivity index is 1.73. The predicted octanol–water partition coefficient (Wildman–Crippen LogP) is 4.78. The van der Waals surface area contributed by atoms with E-state index in [0.29, 0.717) is 18.0 Å². The third-order valence-electron chi connectivity index (χ3n) is 5.48. The number of carbonyl (C=O) groups is 1. The monoisotopic (exact) mass is 413 g/mol. The van der Waals surface area contributed by atoms with Crippen LogP contribution in [0.1, 0.15) is 47.6 Å². The van der Waals surface area contributed by atoms with Gasteiger partial charge in [0.1, 0.15) is 0 Å². The molecule has 0 aliphatic heterocycles. The molecule has 4 aromatic rings. The molecule has 0 saturated heterocycles. The summed E-state index contributed by atoms with van der Waals surface area (Å²) in [7, 11) is 0. The van der Waals surface area contributed by atoms with Gasteiger partial charge in [0.05, 0.1) is 12.5 Å². The first-order valence-electron chi connectivity index (χ1n) is 10.6. The molecule has 1 atom stereocenters. The van der Waals surface area contributed by atoms with Gasteiger partial charge >= 0.3 is 0 Å². The maximum absolute atomic E-state index is 13.7. The highest BCUT2D eigenvalue weighted by molar-refractivity contribution is 5.98. The molecule has 0 saturated carbocycles. The van der Waals surface area contributed by atoms with Crippen LogP contribution in [0.3, 0.4) is 0 Å². The number of nitrogens with zero attached hydrogens (tertiary/aromatic N) is 5. The first kappa shape index (κ1) is 20.7. The van der Waals surface area contributed by atoms with Crippen molar-refractivity contribution in [3.8, 4) is 0 Å². The molecule has 158 valence electrons. The largest absolute Gasteiger partial charge is 0.304 e. The summed E-state index contributed by atoms with van der Waals surface area (Å²) in [6, 6.07) is 19.9. The van der Waals surface area contributed by atoms with E-state index in [4.69, 9.17) is 0 Å². The number of fused-ring (bicyclic) bond motifs is 1. The summed E-state index contributed by atoms with van der Waals surface area (Å²) in [4.78, 5) is 24.6. The molecule has 0 bridgehead atoms. The summed E-state index contributed by atoms with van der Waals surface area (Å²) < 4.78 is 1.73. The number of hydrogen-bond donors (Lipinski definition) is 0. The molecule has 31 heavy (non-hydrogen) atoms. The van der Waals surface area contributed by atoms with Crippen molar-refractivity contribution in [1.29, 1.82) is 0 Å². The van der Waals surface area contributed by atoms with Crippen molar-refractivity contribution in [2.45, 2.75) is 46.6 Å². The van der Waals surface area contributed by atoms with Gasteiger partial charge < -0.3 is 4.90 Å². The van der Waals surface area contributed by atoms with Crippen molar-refractivity contribution < 1.29 is 4.79 Å². The van der Waals surface area contributed by atoms with Crippen molar-refractivity contribution in [2.24, 2.45) is 0 Å². The van der Waals surface area contributed by atoms with Crippen molar-refractivity contribution >= 4 is 17.4 Å². The van der Waals surface area contributed by atoms with Crippen LogP contribution in [-0.2, 0) is 11.3 Å². The lowest BCUT2D eigenvalue weighted by Gasteiger charge is -2.26. The van der Waals surface area contributed by atoms with E-state index in [-0.39, 0.29) is 18.4 Å². The SMILES string of the molecule is CC[C@H](C(=O)N(Cc1nc2nc(C)cc(C)n2n1)c1ccc(C)cc1)c1ccccc1. The van der Waals surface area contributed by atoms with Crippen LogP contribution in [-0.4, -0.2) is 25.5 Å². The van der Waals surface area contributed by atoms with E-state index in [2.05, 4.69) is 15.1 Å². The molecular formula is C25H27N5O. The van der Waals surface area contributed by atoms with Crippen LogP contribution in [0.4, 0.5) is 5.69 Å². The van der Waals surface area contributed by atoms with Gasteiger partial charge in [-0.2, -0.15) is 4.98 Å². The number of carbonyl (C=O) groups excluding carboxylic acids is 1. The maximum atomic E-state index is 13.7. The Bertz CT molecular complexity index is 1200. The fourth-order valence-corrected chi connectivity index (χ4v) is 3.86. The molecule has 2 aromatic carbocycles. The van der Waals surface area contributed by atoms with Crippen molar-refractivity contribution in [1.82, 2.24) is 19.6 Å². The zero-order chi connectivity index (χ0) is 22.0. The molecule has 0 radical (unpaired) electrons. The average Bonchev–Trinajstić information content (AvgIpc) is 3.17. The molecule has 2 heterocycles. The quantitative estimate of drug-likeness (QED) is 0.456. The summed E-state index contributed by atoms with van der Waals surface area (Å²) in [5, 5.41) is 4.63. The van der Waals surface area contributed by atoms with E-state index in [1.165, 1.54) is 0 Å². The van der Waals surface area contributed by atoms with Crippen LogP contribution in [0.25, 0.3) is 5.78 Å². The summed E-state index contributed by atoms with van der Waals surface area (Å²) in [6.45, 7) is 8.28. The Morgan fingerprint density at radius 2 is 1.71 bits per heavy atom. The Hall–Kier alpha value is -3.54. The minimum absolute atomic E-state index is 0.0391. The first-order chi connectivity index (χ1) is 15.0. The third kappa shape index (κ3) is 4.33. The van der Waals surface area contributed by atoms with Crippen molar-refractivity contribution in [3.05, 3.63) is 89.0 Å². The highest BCUT2D eigenvalue weighted by Gasteiger charge is 2.27. The van der Waals surface area contributed by atoms with Gasteiger partial charge in [0.2, 0.25) is 5.91 Å². The third-order valence-corrected chi connectivity index (χ3v) is 5.48. The van der Waals surface area contributed by atoms with Crippen molar-refractivity contribution in [2.75, 3.05) is 4.90 Å². The Morgan fingerprint density at radius 3 is 2.39 bits per heavy atom. The van der Waals surface area contributed by atoms with Crippen LogP contribution >= 0.6 is 0 Å². The van der Waals surface area contributed by atoms with Gasteiger partial charge in [-0.15, -0.1) is 5.10 Å². The minimum Gasteiger partial charge on any atom is -0.304 e. The number of amides is 1. The molecule has 0 fully saturated rings. The molecule has 2 aromatic heterocycles. The number of rotatable bonds is 6. The van der Waals surface area contributed by atoms with E-state index in [1.54, 1.807) is 9.42 Å². The molecule has 0 N–H and O–H groups in total. The van der Waals surface area contributed by atoms with Gasteiger partial charge in [0, 0.05) is 17.1 Å². The Morgan fingerprint density at radius 1 is 1.00 bits per heavy atom. The number of aromatic nitrogens is 4. The predicted molar refractivity (Wildman–Crippen MR) is 122 cm³/mol. The number of aryl methyl sites for hydroxylation is 3. The lowest BCUT2D eigenvalue weighted by atomic mass is 9.94. The van der Waals surface area contributed by atoms with Gasteiger partial charge in [-0.3, -0.25) is 4.79 Å². The fraction of sp³-hybridized carbons (Fsp3) is 0.280. The molecule has 1 amide bonds. The van der Waals surface area contributed by atoms with Crippen LogP contribution in [0.2, 0.25) is 0 Å². The Kier molecular flexibility index (Phi) is 5.80. The average molecular weight is 414 g/mol. The lowest BCUT2D eigenvalue weighted by Crippen LogP contribution is -2.35. The molecule has 0 aliphatic carbocycles.